The molecule has 0 saturated carbocycles. The van der Waals surface area contributed by atoms with Gasteiger partial charge in [0.15, 0.2) is 0 Å². The van der Waals surface area contributed by atoms with Crippen molar-refractivity contribution in [3.8, 4) is 5.75 Å². The van der Waals surface area contributed by atoms with Gasteiger partial charge in [0.05, 0.1) is 12.7 Å². The van der Waals surface area contributed by atoms with E-state index in [1.807, 2.05) is 6.92 Å². The molecule has 0 atom stereocenters. The van der Waals surface area contributed by atoms with E-state index in [2.05, 4.69) is 9.97 Å². The van der Waals surface area contributed by atoms with Crippen molar-refractivity contribution in [1.29, 1.82) is 0 Å². The lowest BCUT2D eigenvalue weighted by Crippen LogP contribution is -2.09. The summed E-state index contributed by atoms with van der Waals surface area (Å²) in [6.45, 7) is 1.82. The fourth-order valence-corrected chi connectivity index (χ4v) is 1.49. The lowest BCUT2D eigenvalue weighted by atomic mass is 10.1. The third kappa shape index (κ3) is 2.34. The zero-order chi connectivity index (χ0) is 13.1. The van der Waals surface area contributed by atoms with Crippen molar-refractivity contribution >= 4 is 5.78 Å². The van der Waals surface area contributed by atoms with E-state index in [4.69, 9.17) is 4.74 Å². The molecule has 1 aromatic heterocycles. The molecule has 0 spiro atoms. The third-order valence-electron chi connectivity index (χ3n) is 2.39. The Morgan fingerprint density at radius 1 is 1.28 bits per heavy atom. The molecule has 0 fully saturated rings. The molecule has 1 heterocycles. The number of carbonyl (C=O) groups excluding carboxylic acids is 1. The number of methoxy groups -OCH3 is 1. The van der Waals surface area contributed by atoms with Gasteiger partial charge >= 0.3 is 0 Å². The number of aryl methyl sites for hydroxylation is 1. The topological polar surface area (TPSA) is 52.1 Å². The molecule has 0 bridgehead atoms. The quantitative estimate of drug-likeness (QED) is 0.779. The van der Waals surface area contributed by atoms with Crippen LogP contribution in [0.4, 0.5) is 4.39 Å². The number of nitrogens with zero attached hydrogens (tertiary/aromatic N) is 2. The van der Waals surface area contributed by atoms with E-state index in [1.54, 1.807) is 0 Å². The Morgan fingerprint density at radius 3 is 2.56 bits per heavy atom. The first-order valence-electron chi connectivity index (χ1n) is 5.28. The highest BCUT2D eigenvalue weighted by molar-refractivity contribution is 6.08. The summed E-state index contributed by atoms with van der Waals surface area (Å²) < 4.78 is 18.2. The minimum atomic E-state index is -0.508. The summed E-state index contributed by atoms with van der Waals surface area (Å²) in [7, 11) is 1.42. The monoisotopic (exact) mass is 246 g/mol. The van der Waals surface area contributed by atoms with Gasteiger partial charge in [-0.05, 0) is 30.7 Å². The Hall–Kier alpha value is -2.30. The summed E-state index contributed by atoms with van der Waals surface area (Å²) >= 11 is 0. The molecule has 0 saturated heterocycles. The Morgan fingerprint density at radius 2 is 1.94 bits per heavy atom. The number of aromatic nitrogens is 2. The average Bonchev–Trinajstić information content (AvgIpc) is 2.39. The van der Waals surface area contributed by atoms with Crippen LogP contribution >= 0.6 is 0 Å². The van der Waals surface area contributed by atoms with Gasteiger partial charge in [0, 0.05) is 12.4 Å². The molecule has 0 N–H and O–H groups in total. The Balaban J connectivity index is 2.45. The molecule has 2 rings (SSSR count). The summed E-state index contributed by atoms with van der Waals surface area (Å²) in [6, 6.07) is 3.74. The summed E-state index contributed by atoms with van der Waals surface area (Å²) in [5, 5.41) is 0. The SMILES string of the molecule is COc1ccc(F)cc1C(=O)c1ncc(C)cn1. The number of carbonyl (C=O) groups is 1. The lowest BCUT2D eigenvalue weighted by molar-refractivity contribution is 0.102. The summed E-state index contributed by atoms with van der Waals surface area (Å²) in [4.78, 5) is 20.0. The second-order valence-corrected chi connectivity index (χ2v) is 3.76. The van der Waals surface area contributed by atoms with Crippen LogP contribution in [0, 0.1) is 12.7 Å². The van der Waals surface area contributed by atoms with E-state index in [0.29, 0.717) is 5.75 Å². The highest BCUT2D eigenvalue weighted by atomic mass is 19.1. The van der Waals surface area contributed by atoms with Gasteiger partial charge in [-0.2, -0.15) is 0 Å². The summed E-state index contributed by atoms with van der Waals surface area (Å²) in [5.41, 5.74) is 0.958. The van der Waals surface area contributed by atoms with Gasteiger partial charge in [-0.3, -0.25) is 4.79 Å². The first-order chi connectivity index (χ1) is 8.61. The maximum absolute atomic E-state index is 13.2. The van der Waals surface area contributed by atoms with Gasteiger partial charge in [-0.15, -0.1) is 0 Å². The molecule has 92 valence electrons. The minimum absolute atomic E-state index is 0.0181. The van der Waals surface area contributed by atoms with Crippen molar-refractivity contribution in [2.75, 3.05) is 7.11 Å². The summed E-state index contributed by atoms with van der Waals surface area (Å²) in [6.07, 6.45) is 3.07. The Bertz CT molecular complexity index is 582. The van der Waals surface area contributed by atoms with Crippen LogP contribution in [0.5, 0.6) is 5.75 Å². The number of rotatable bonds is 3. The van der Waals surface area contributed by atoms with E-state index in [0.717, 1.165) is 11.6 Å². The van der Waals surface area contributed by atoms with Crippen LogP contribution in [0.2, 0.25) is 0 Å². The van der Waals surface area contributed by atoms with Crippen LogP contribution < -0.4 is 4.74 Å². The molecule has 0 aliphatic carbocycles. The summed E-state index contributed by atoms with van der Waals surface area (Å²) in [5.74, 6) is -0.660. The van der Waals surface area contributed by atoms with Crippen LogP contribution in [0.25, 0.3) is 0 Å². The largest absolute Gasteiger partial charge is 0.496 e. The minimum Gasteiger partial charge on any atom is -0.496 e. The van der Waals surface area contributed by atoms with Crippen LogP contribution in [0.1, 0.15) is 21.7 Å². The predicted octanol–water partition coefficient (Wildman–Crippen LogP) is 2.16. The standard InChI is InChI=1S/C13H11FN2O2/c1-8-6-15-13(16-7-8)12(17)10-5-9(14)3-4-11(10)18-2/h3-7H,1-2H3. The zero-order valence-corrected chi connectivity index (χ0v) is 9.98. The average molecular weight is 246 g/mol. The van der Waals surface area contributed by atoms with E-state index >= 15 is 0 Å². The molecular formula is C13H11FN2O2. The van der Waals surface area contributed by atoms with Gasteiger partial charge in [0.1, 0.15) is 11.6 Å². The first-order valence-corrected chi connectivity index (χ1v) is 5.28. The molecule has 4 nitrogen and oxygen atoms in total. The van der Waals surface area contributed by atoms with Crippen LogP contribution in [0.15, 0.2) is 30.6 Å². The highest BCUT2D eigenvalue weighted by Crippen LogP contribution is 2.21. The third-order valence-corrected chi connectivity index (χ3v) is 2.39. The lowest BCUT2D eigenvalue weighted by Gasteiger charge is -2.06. The molecular weight excluding hydrogens is 235 g/mol. The maximum Gasteiger partial charge on any atom is 0.234 e. The van der Waals surface area contributed by atoms with Crippen LogP contribution in [-0.2, 0) is 0 Å². The predicted molar refractivity (Wildman–Crippen MR) is 63.2 cm³/mol. The fraction of sp³-hybridized carbons (Fsp3) is 0.154. The van der Waals surface area contributed by atoms with Crippen molar-refractivity contribution in [2.45, 2.75) is 6.92 Å². The first kappa shape index (κ1) is 12.2. The molecule has 5 heteroatoms. The van der Waals surface area contributed by atoms with Crippen LogP contribution in [0.3, 0.4) is 0 Å². The number of ketones is 1. The van der Waals surface area contributed by atoms with Crippen molar-refractivity contribution in [3.05, 3.63) is 53.4 Å². The molecule has 1 aromatic carbocycles. The highest BCUT2D eigenvalue weighted by Gasteiger charge is 2.17. The van der Waals surface area contributed by atoms with Gasteiger partial charge in [-0.1, -0.05) is 0 Å². The number of hydrogen-bond donors (Lipinski definition) is 0. The van der Waals surface area contributed by atoms with Gasteiger partial charge in [0.2, 0.25) is 11.6 Å². The van der Waals surface area contributed by atoms with Crippen molar-refractivity contribution in [2.24, 2.45) is 0 Å². The van der Waals surface area contributed by atoms with E-state index in [-0.39, 0.29) is 11.4 Å². The number of benzene rings is 1. The van der Waals surface area contributed by atoms with E-state index in [1.165, 1.54) is 31.6 Å². The maximum atomic E-state index is 13.2. The second-order valence-electron chi connectivity index (χ2n) is 3.76. The normalized spacial score (nSPS) is 10.2. The molecule has 0 aliphatic heterocycles. The molecule has 0 amide bonds. The van der Waals surface area contributed by atoms with Crippen molar-refractivity contribution in [3.63, 3.8) is 0 Å². The number of hydrogen-bond acceptors (Lipinski definition) is 4. The van der Waals surface area contributed by atoms with Crippen LogP contribution in [-0.4, -0.2) is 22.9 Å². The second kappa shape index (κ2) is 4.91. The van der Waals surface area contributed by atoms with Crippen molar-refractivity contribution < 1.29 is 13.9 Å². The van der Waals surface area contributed by atoms with Gasteiger partial charge in [-0.25, -0.2) is 14.4 Å². The fourth-order valence-electron chi connectivity index (χ4n) is 1.49. The zero-order valence-electron chi connectivity index (χ0n) is 9.98. The Labute approximate surface area is 103 Å². The van der Waals surface area contributed by atoms with E-state index in [9.17, 15) is 9.18 Å². The Kier molecular flexibility index (Phi) is 3.32. The molecule has 18 heavy (non-hydrogen) atoms. The number of ether oxygens (including phenoxy) is 1. The van der Waals surface area contributed by atoms with Gasteiger partial charge in [0.25, 0.3) is 0 Å². The molecule has 0 unspecified atom stereocenters. The number of halogens is 1. The molecule has 0 aliphatic rings. The van der Waals surface area contributed by atoms with E-state index < -0.39 is 11.6 Å². The molecule has 2 aromatic rings. The smallest absolute Gasteiger partial charge is 0.234 e. The van der Waals surface area contributed by atoms with Crippen molar-refractivity contribution in [1.82, 2.24) is 9.97 Å². The van der Waals surface area contributed by atoms with Gasteiger partial charge < -0.3 is 4.74 Å². The molecule has 0 radical (unpaired) electrons.